The van der Waals surface area contributed by atoms with E-state index < -0.39 is 10.0 Å². The lowest BCUT2D eigenvalue weighted by molar-refractivity contribution is -0.121. The third-order valence-corrected chi connectivity index (χ3v) is 5.36. The van der Waals surface area contributed by atoms with E-state index in [1.165, 1.54) is 0 Å². The van der Waals surface area contributed by atoms with Gasteiger partial charge in [-0.25, -0.2) is 13.1 Å². The van der Waals surface area contributed by atoms with E-state index in [1.54, 1.807) is 24.3 Å². The van der Waals surface area contributed by atoms with Gasteiger partial charge < -0.3 is 11.1 Å². The van der Waals surface area contributed by atoms with Crippen molar-refractivity contribution in [3.05, 3.63) is 29.8 Å². The first-order chi connectivity index (χ1) is 10.9. The zero-order chi connectivity index (χ0) is 16.9. The first-order valence-electron chi connectivity index (χ1n) is 7.99. The topological polar surface area (TPSA) is 101 Å². The molecule has 0 radical (unpaired) electrons. The van der Waals surface area contributed by atoms with Crippen LogP contribution < -0.4 is 15.8 Å². The van der Waals surface area contributed by atoms with Gasteiger partial charge in [-0.3, -0.25) is 4.79 Å². The summed E-state index contributed by atoms with van der Waals surface area (Å²) >= 11 is 0. The third kappa shape index (κ3) is 6.76. The van der Waals surface area contributed by atoms with Gasteiger partial charge in [0.1, 0.15) is 0 Å². The van der Waals surface area contributed by atoms with Gasteiger partial charge in [0.15, 0.2) is 0 Å². The molecule has 8 heteroatoms. The largest absolute Gasteiger partial charge is 0.356 e. The quantitative estimate of drug-likeness (QED) is 0.603. The molecule has 0 spiro atoms. The fraction of sp³-hybridized carbons (Fsp3) is 0.562. The number of sulfonamides is 1. The molecule has 4 N–H and O–H groups in total. The highest BCUT2D eigenvalue weighted by Crippen LogP contribution is 2.22. The second-order valence-electron chi connectivity index (χ2n) is 6.18. The number of carbonyl (C=O) groups is 1. The van der Waals surface area contributed by atoms with Crippen LogP contribution in [-0.4, -0.2) is 33.5 Å². The number of hydrogen-bond donors (Lipinski definition) is 3. The van der Waals surface area contributed by atoms with Gasteiger partial charge in [-0.2, -0.15) is 0 Å². The number of halogens is 1. The van der Waals surface area contributed by atoms with Crippen molar-refractivity contribution < 1.29 is 13.2 Å². The van der Waals surface area contributed by atoms with Crippen molar-refractivity contribution in [2.75, 3.05) is 13.1 Å². The smallest absolute Gasteiger partial charge is 0.240 e. The molecule has 1 aromatic rings. The van der Waals surface area contributed by atoms with E-state index in [0.29, 0.717) is 25.9 Å². The number of benzene rings is 1. The molecule has 1 amide bonds. The molecule has 6 nitrogen and oxygen atoms in total. The summed E-state index contributed by atoms with van der Waals surface area (Å²) in [5.74, 6) is 0.250. The minimum atomic E-state index is -3.41. The molecule has 1 saturated carbocycles. The Morgan fingerprint density at radius 2 is 1.92 bits per heavy atom. The molecule has 1 unspecified atom stereocenters. The highest BCUT2D eigenvalue weighted by Gasteiger charge is 2.27. The van der Waals surface area contributed by atoms with E-state index in [-0.39, 0.29) is 35.2 Å². The number of nitrogens with one attached hydrogen (secondary N) is 2. The third-order valence-electron chi connectivity index (χ3n) is 3.82. The van der Waals surface area contributed by atoms with Crippen molar-refractivity contribution in [3.8, 4) is 0 Å². The Morgan fingerprint density at radius 3 is 2.46 bits per heavy atom. The molecule has 1 aromatic carbocycles. The lowest BCUT2D eigenvalue weighted by Crippen LogP contribution is -2.31. The van der Waals surface area contributed by atoms with Crippen LogP contribution in [0.3, 0.4) is 0 Å². The van der Waals surface area contributed by atoms with Crippen LogP contribution >= 0.6 is 12.4 Å². The Morgan fingerprint density at radius 1 is 1.29 bits per heavy atom. The van der Waals surface area contributed by atoms with Gasteiger partial charge in [-0.05, 0) is 49.4 Å². The summed E-state index contributed by atoms with van der Waals surface area (Å²) < 4.78 is 26.8. The highest BCUT2D eigenvalue weighted by molar-refractivity contribution is 7.89. The molecule has 136 valence electrons. The second-order valence-corrected chi connectivity index (χ2v) is 7.90. The van der Waals surface area contributed by atoms with Crippen molar-refractivity contribution in [1.29, 1.82) is 0 Å². The van der Waals surface area contributed by atoms with Gasteiger partial charge in [-0.15, -0.1) is 12.4 Å². The Bertz CT molecular complexity index is 630. The predicted octanol–water partition coefficient (Wildman–Crippen LogP) is 1.19. The van der Waals surface area contributed by atoms with Crippen LogP contribution in [0, 0.1) is 5.92 Å². The Balaban J connectivity index is 0.00000288. The van der Waals surface area contributed by atoms with E-state index >= 15 is 0 Å². The van der Waals surface area contributed by atoms with E-state index in [9.17, 15) is 13.2 Å². The van der Waals surface area contributed by atoms with Crippen LogP contribution in [0.25, 0.3) is 0 Å². The number of hydrogen-bond acceptors (Lipinski definition) is 4. The van der Waals surface area contributed by atoms with Crippen molar-refractivity contribution in [3.63, 3.8) is 0 Å². The van der Waals surface area contributed by atoms with Gasteiger partial charge in [0, 0.05) is 19.0 Å². The first kappa shape index (κ1) is 20.9. The molecule has 0 aliphatic heterocycles. The zero-order valence-corrected chi connectivity index (χ0v) is 15.5. The number of amides is 1. The SMILES string of the molecule is CC(CN)CNC(=O)CCc1ccc(S(=O)(=O)NC2CC2)cc1.Cl. The Labute approximate surface area is 150 Å². The van der Waals surface area contributed by atoms with E-state index in [0.717, 1.165) is 18.4 Å². The summed E-state index contributed by atoms with van der Waals surface area (Å²) in [7, 11) is -3.41. The molecule has 0 bridgehead atoms. The molecule has 24 heavy (non-hydrogen) atoms. The molecule has 0 saturated heterocycles. The number of aryl methyl sites for hydroxylation is 1. The molecular weight excluding hydrogens is 350 g/mol. The minimum Gasteiger partial charge on any atom is -0.356 e. The average Bonchev–Trinajstić information content (AvgIpc) is 3.34. The molecule has 0 heterocycles. The summed E-state index contributed by atoms with van der Waals surface area (Å²) in [4.78, 5) is 12.0. The minimum absolute atomic E-state index is 0. The lowest BCUT2D eigenvalue weighted by atomic mass is 10.1. The number of nitrogens with two attached hydrogens (primary N) is 1. The highest BCUT2D eigenvalue weighted by atomic mass is 35.5. The maximum absolute atomic E-state index is 12.1. The van der Waals surface area contributed by atoms with Crippen LogP contribution in [-0.2, 0) is 21.2 Å². The van der Waals surface area contributed by atoms with Gasteiger partial charge in [0.05, 0.1) is 4.90 Å². The maximum atomic E-state index is 12.1. The standard InChI is InChI=1S/C16H25N3O3S.ClH/c1-12(10-17)11-18-16(20)9-4-13-2-7-15(8-3-13)23(21,22)19-14-5-6-14;/h2-3,7-8,12,14,19H,4-6,9-11,17H2,1H3,(H,18,20);1H. The van der Waals surface area contributed by atoms with Gasteiger partial charge in [0.25, 0.3) is 0 Å². The molecule has 2 rings (SSSR count). The summed E-state index contributed by atoms with van der Waals surface area (Å²) in [6, 6.07) is 6.80. The molecule has 0 aromatic heterocycles. The van der Waals surface area contributed by atoms with E-state index in [2.05, 4.69) is 10.0 Å². The van der Waals surface area contributed by atoms with E-state index in [4.69, 9.17) is 5.73 Å². The molecule has 1 atom stereocenters. The number of carbonyl (C=O) groups excluding carboxylic acids is 1. The maximum Gasteiger partial charge on any atom is 0.240 e. The monoisotopic (exact) mass is 375 g/mol. The van der Waals surface area contributed by atoms with Gasteiger partial charge in [-0.1, -0.05) is 19.1 Å². The van der Waals surface area contributed by atoms with Gasteiger partial charge >= 0.3 is 0 Å². The lowest BCUT2D eigenvalue weighted by Gasteiger charge is -2.10. The van der Waals surface area contributed by atoms with Crippen LogP contribution in [0.15, 0.2) is 29.2 Å². The first-order valence-corrected chi connectivity index (χ1v) is 9.47. The molecule has 1 aliphatic rings. The summed E-state index contributed by atoms with van der Waals surface area (Å²) in [5.41, 5.74) is 6.44. The molecular formula is C16H26ClN3O3S. The fourth-order valence-corrected chi connectivity index (χ4v) is 3.35. The van der Waals surface area contributed by atoms with Crippen LogP contribution in [0.1, 0.15) is 31.7 Å². The summed E-state index contributed by atoms with van der Waals surface area (Å²) in [5, 5.41) is 2.84. The molecule has 1 aliphatic carbocycles. The van der Waals surface area contributed by atoms with Crippen LogP contribution in [0.2, 0.25) is 0 Å². The number of rotatable bonds is 9. The fourth-order valence-electron chi connectivity index (χ4n) is 2.04. The Hall–Kier alpha value is -1.15. The summed E-state index contributed by atoms with van der Waals surface area (Å²) in [6.07, 6.45) is 2.79. The zero-order valence-electron chi connectivity index (χ0n) is 13.8. The normalized spacial score (nSPS) is 15.4. The van der Waals surface area contributed by atoms with Gasteiger partial charge in [0.2, 0.25) is 15.9 Å². The van der Waals surface area contributed by atoms with Crippen molar-refractivity contribution in [1.82, 2.24) is 10.0 Å². The Kier molecular flexibility index (Phi) is 8.15. The van der Waals surface area contributed by atoms with Crippen LogP contribution in [0.4, 0.5) is 0 Å². The average molecular weight is 376 g/mol. The van der Waals surface area contributed by atoms with Crippen LogP contribution in [0.5, 0.6) is 0 Å². The van der Waals surface area contributed by atoms with Crippen molar-refractivity contribution >= 4 is 28.3 Å². The van der Waals surface area contributed by atoms with E-state index in [1.807, 2.05) is 6.92 Å². The molecule has 1 fully saturated rings. The second kappa shape index (κ2) is 9.36. The summed E-state index contributed by atoms with van der Waals surface area (Å²) in [6.45, 7) is 3.11. The van der Waals surface area contributed by atoms with Crippen molar-refractivity contribution in [2.24, 2.45) is 11.7 Å². The van der Waals surface area contributed by atoms with Crippen molar-refractivity contribution in [2.45, 2.75) is 43.5 Å². The predicted molar refractivity (Wildman–Crippen MR) is 96.6 cm³/mol.